The third kappa shape index (κ3) is 17.3. The van der Waals surface area contributed by atoms with Crippen LogP contribution in [0, 0.1) is 5.92 Å². The number of alkyl carbamates (subject to hydrolysis) is 1. The van der Waals surface area contributed by atoms with Gasteiger partial charge in [-0.05, 0) is 49.3 Å². The van der Waals surface area contributed by atoms with Crippen LogP contribution in [0.3, 0.4) is 0 Å². The summed E-state index contributed by atoms with van der Waals surface area (Å²) >= 11 is 0. The Morgan fingerprint density at radius 3 is 1.79 bits per heavy atom. The predicted octanol–water partition coefficient (Wildman–Crippen LogP) is 1.97. The second-order valence-corrected chi connectivity index (χ2v) is 12.6. The van der Waals surface area contributed by atoms with Gasteiger partial charge in [-0.15, -0.1) is 0 Å². The van der Waals surface area contributed by atoms with Gasteiger partial charge in [0.25, 0.3) is 0 Å². The first-order valence-electron chi connectivity index (χ1n) is 17.2. The zero-order valence-corrected chi connectivity index (χ0v) is 30.1. The third-order valence-corrected chi connectivity index (χ3v) is 7.60. The minimum Gasteiger partial charge on any atom is -0.461 e. The maximum atomic E-state index is 14.6. The van der Waals surface area contributed by atoms with Gasteiger partial charge in [0.1, 0.15) is 24.7 Å². The number of carbonyl (C=O) groups excluding carboxylic acids is 7. The lowest BCUT2D eigenvalue weighted by Crippen LogP contribution is -2.58. The first kappa shape index (κ1) is 43.4. The lowest BCUT2D eigenvalue weighted by atomic mass is 10.0. The van der Waals surface area contributed by atoms with Gasteiger partial charge in [0.05, 0.1) is 12.6 Å². The molecule has 6 amide bonds. The molecule has 0 saturated carbocycles. The quantitative estimate of drug-likeness (QED) is 0.0763. The van der Waals surface area contributed by atoms with Gasteiger partial charge in [0.15, 0.2) is 0 Å². The lowest BCUT2D eigenvalue weighted by Gasteiger charge is -2.26. The second-order valence-electron chi connectivity index (χ2n) is 12.6. The van der Waals surface area contributed by atoms with Crippen LogP contribution < -0.4 is 32.7 Å². The molecule has 16 heteroatoms. The van der Waals surface area contributed by atoms with E-state index in [-0.39, 0.29) is 57.7 Å². The molecular formula is C37H49FN6O9. The van der Waals surface area contributed by atoms with Crippen LogP contribution in [0.2, 0.25) is 0 Å². The monoisotopic (exact) mass is 740 g/mol. The van der Waals surface area contributed by atoms with Crippen molar-refractivity contribution in [2.24, 2.45) is 17.4 Å². The van der Waals surface area contributed by atoms with Gasteiger partial charge < -0.3 is 42.2 Å². The Morgan fingerprint density at radius 1 is 0.698 bits per heavy atom. The van der Waals surface area contributed by atoms with Crippen molar-refractivity contribution in [2.45, 2.75) is 90.1 Å². The fourth-order valence-corrected chi connectivity index (χ4v) is 4.99. The van der Waals surface area contributed by atoms with Gasteiger partial charge in [0.2, 0.25) is 35.4 Å². The van der Waals surface area contributed by atoms with E-state index < -0.39 is 71.6 Å². The van der Waals surface area contributed by atoms with Gasteiger partial charge in [0, 0.05) is 19.3 Å². The van der Waals surface area contributed by atoms with Crippen molar-refractivity contribution >= 4 is 41.6 Å². The number of amides is 6. The summed E-state index contributed by atoms with van der Waals surface area (Å²) in [5.74, 6) is -6.68. The van der Waals surface area contributed by atoms with Crippen LogP contribution in [0.4, 0.5) is 9.18 Å². The van der Waals surface area contributed by atoms with Gasteiger partial charge in [-0.25, -0.2) is 9.59 Å². The van der Waals surface area contributed by atoms with Crippen LogP contribution in [0.15, 0.2) is 72.6 Å². The van der Waals surface area contributed by atoms with Crippen molar-refractivity contribution in [1.82, 2.24) is 21.3 Å². The second kappa shape index (κ2) is 22.9. The summed E-state index contributed by atoms with van der Waals surface area (Å²) in [6.07, 6.45) is -1.10. The molecule has 53 heavy (non-hydrogen) atoms. The molecule has 0 aliphatic heterocycles. The Labute approximate surface area is 307 Å². The van der Waals surface area contributed by atoms with E-state index in [1.807, 2.05) is 19.9 Å². The standard InChI is InChI=1S/C37H49FN6O9/c1-4-52-36(50)27(38)21-26(15-17-31(39)45)41-33(47)28(16-18-32(40)46)42-35(49)30(20-24-11-7-5-8-12-24)43-34(48)29(19-23(2)3)44-37(51)53-22-25-13-9-6-10-14-25/h5-14,21,23,26,28-30H,4,15-20,22H2,1-3H3,(H2,39,45)(H2,40,46)(H,41,47)(H,42,49)(H,43,48)(H,44,51)/b27-21-/t26-,28-,29-,30-/m0/s1. The zero-order chi connectivity index (χ0) is 39.3. The van der Waals surface area contributed by atoms with E-state index in [0.717, 1.165) is 11.6 Å². The summed E-state index contributed by atoms with van der Waals surface area (Å²) in [6.45, 7) is 5.01. The third-order valence-electron chi connectivity index (χ3n) is 7.60. The average Bonchev–Trinajstić information content (AvgIpc) is 3.11. The van der Waals surface area contributed by atoms with Gasteiger partial charge >= 0.3 is 12.1 Å². The number of carbonyl (C=O) groups is 7. The predicted molar refractivity (Wildman–Crippen MR) is 192 cm³/mol. The summed E-state index contributed by atoms with van der Waals surface area (Å²) < 4.78 is 24.5. The van der Waals surface area contributed by atoms with Crippen molar-refractivity contribution < 1.29 is 47.4 Å². The Balaban J connectivity index is 2.33. The van der Waals surface area contributed by atoms with E-state index in [0.29, 0.717) is 5.56 Å². The average molecular weight is 741 g/mol. The topological polar surface area (TPSA) is 238 Å². The summed E-state index contributed by atoms with van der Waals surface area (Å²) in [6, 6.07) is 12.5. The molecule has 0 spiro atoms. The Bertz CT molecular complexity index is 1570. The molecule has 2 aromatic rings. The number of nitrogens with one attached hydrogen (secondary N) is 4. The van der Waals surface area contributed by atoms with Crippen molar-refractivity contribution in [3.63, 3.8) is 0 Å². The van der Waals surface area contributed by atoms with E-state index >= 15 is 0 Å². The summed E-state index contributed by atoms with van der Waals surface area (Å²) in [4.78, 5) is 88.9. The Hall–Kier alpha value is -5.80. The molecule has 2 rings (SSSR count). The Morgan fingerprint density at radius 2 is 1.23 bits per heavy atom. The molecule has 0 unspecified atom stereocenters. The number of benzene rings is 2. The molecule has 0 aliphatic rings. The number of halogens is 1. The van der Waals surface area contributed by atoms with Crippen LogP contribution in [-0.2, 0) is 51.3 Å². The van der Waals surface area contributed by atoms with E-state index in [2.05, 4.69) is 26.0 Å². The van der Waals surface area contributed by atoms with Crippen molar-refractivity contribution in [2.75, 3.05) is 6.61 Å². The highest BCUT2D eigenvalue weighted by Gasteiger charge is 2.31. The highest BCUT2D eigenvalue weighted by atomic mass is 19.1. The maximum Gasteiger partial charge on any atom is 0.408 e. The molecule has 288 valence electrons. The van der Waals surface area contributed by atoms with Gasteiger partial charge in [-0.1, -0.05) is 74.5 Å². The molecule has 4 atom stereocenters. The maximum absolute atomic E-state index is 14.6. The molecule has 0 aliphatic carbocycles. The number of rotatable bonds is 22. The largest absolute Gasteiger partial charge is 0.461 e. The molecule has 0 aromatic heterocycles. The van der Waals surface area contributed by atoms with Crippen molar-refractivity contribution in [1.29, 1.82) is 0 Å². The van der Waals surface area contributed by atoms with Crippen LogP contribution in [0.1, 0.15) is 64.0 Å². The molecule has 8 N–H and O–H groups in total. The fourth-order valence-electron chi connectivity index (χ4n) is 4.99. The van der Waals surface area contributed by atoms with E-state index in [1.165, 1.54) is 6.92 Å². The highest BCUT2D eigenvalue weighted by Crippen LogP contribution is 2.12. The number of esters is 1. The molecule has 0 fully saturated rings. The van der Waals surface area contributed by atoms with Gasteiger partial charge in [-0.3, -0.25) is 24.0 Å². The van der Waals surface area contributed by atoms with Crippen LogP contribution in [0.25, 0.3) is 0 Å². The highest BCUT2D eigenvalue weighted by molar-refractivity contribution is 5.94. The number of nitrogens with two attached hydrogens (primary N) is 2. The minimum absolute atomic E-state index is 0.0366. The number of ether oxygens (including phenoxy) is 2. The van der Waals surface area contributed by atoms with Crippen LogP contribution >= 0.6 is 0 Å². The number of primary amides is 2. The minimum atomic E-state index is -1.45. The van der Waals surface area contributed by atoms with Gasteiger partial charge in [-0.2, -0.15) is 4.39 Å². The molecule has 0 heterocycles. The first-order chi connectivity index (χ1) is 25.2. The smallest absolute Gasteiger partial charge is 0.408 e. The number of hydrogen-bond donors (Lipinski definition) is 6. The Kier molecular flexibility index (Phi) is 18.7. The van der Waals surface area contributed by atoms with E-state index in [4.69, 9.17) is 16.2 Å². The molecular weight excluding hydrogens is 691 g/mol. The zero-order valence-electron chi connectivity index (χ0n) is 30.1. The van der Waals surface area contributed by atoms with Crippen molar-refractivity contribution in [3.8, 4) is 0 Å². The van der Waals surface area contributed by atoms with E-state index in [9.17, 15) is 38.0 Å². The first-order valence-corrected chi connectivity index (χ1v) is 17.2. The molecule has 0 radical (unpaired) electrons. The lowest BCUT2D eigenvalue weighted by molar-refractivity contribution is -0.140. The molecule has 0 bridgehead atoms. The SMILES string of the molecule is CCOC(=O)/C(F)=C/[C@H](CCC(N)=O)NC(=O)[C@H](CCC(N)=O)NC(=O)[C@H](Cc1ccccc1)NC(=O)[C@H](CC(C)C)NC(=O)OCc1ccccc1. The molecule has 15 nitrogen and oxygen atoms in total. The van der Waals surface area contributed by atoms with Crippen LogP contribution in [0.5, 0.6) is 0 Å². The van der Waals surface area contributed by atoms with Crippen LogP contribution in [-0.4, -0.2) is 72.4 Å². The summed E-state index contributed by atoms with van der Waals surface area (Å²) in [5, 5.41) is 10.2. The molecule has 0 saturated heterocycles. The number of hydrogen-bond acceptors (Lipinski definition) is 9. The normalized spacial score (nSPS) is 13.4. The fraction of sp³-hybridized carbons (Fsp3) is 0.432. The van der Waals surface area contributed by atoms with E-state index in [1.54, 1.807) is 54.6 Å². The summed E-state index contributed by atoms with van der Waals surface area (Å²) in [5.41, 5.74) is 11.9. The molecule has 2 aromatic carbocycles. The van der Waals surface area contributed by atoms with Crippen molar-refractivity contribution in [3.05, 3.63) is 83.7 Å². The summed E-state index contributed by atoms with van der Waals surface area (Å²) in [7, 11) is 0.